The summed E-state index contributed by atoms with van der Waals surface area (Å²) in [4.78, 5) is 4.34. The zero-order valence-corrected chi connectivity index (χ0v) is 12.4. The number of aromatic nitrogens is 1. The van der Waals surface area contributed by atoms with Gasteiger partial charge in [0.25, 0.3) is 0 Å². The molecule has 2 rings (SSSR count). The number of hydrogen-bond acceptors (Lipinski definition) is 4. The second kappa shape index (κ2) is 5.52. The van der Waals surface area contributed by atoms with Gasteiger partial charge in [0, 0.05) is 19.3 Å². The molecule has 0 aliphatic carbocycles. The lowest BCUT2D eigenvalue weighted by Gasteiger charge is -2.29. The molecule has 1 aliphatic rings. The van der Waals surface area contributed by atoms with Crippen LogP contribution < -0.4 is 5.73 Å². The van der Waals surface area contributed by atoms with Crippen molar-refractivity contribution < 1.29 is 8.42 Å². The number of hydrogen-bond donors (Lipinski definition) is 1. The van der Waals surface area contributed by atoms with E-state index in [1.54, 1.807) is 6.07 Å². The molecule has 104 valence electrons. The van der Waals surface area contributed by atoms with Crippen LogP contribution in [-0.2, 0) is 10.0 Å². The average Bonchev–Trinajstić information content (AvgIpc) is 2.39. The molecular weight excluding hydrogens is 282 g/mol. The van der Waals surface area contributed by atoms with Gasteiger partial charge < -0.3 is 5.73 Å². The van der Waals surface area contributed by atoms with E-state index in [0.29, 0.717) is 24.7 Å². The predicted octanol–water partition coefficient (Wildman–Crippen LogP) is 1.14. The first kappa shape index (κ1) is 14.4. The summed E-state index contributed by atoms with van der Waals surface area (Å²) >= 11 is 4.79. The topological polar surface area (TPSA) is 76.3 Å². The molecule has 2 N–H and O–H groups in total. The highest BCUT2D eigenvalue weighted by molar-refractivity contribution is 7.89. The Kier molecular flexibility index (Phi) is 4.17. The Labute approximate surface area is 118 Å². The largest absolute Gasteiger partial charge is 0.388 e. The smallest absolute Gasteiger partial charge is 0.244 e. The summed E-state index contributed by atoms with van der Waals surface area (Å²) in [5.74, 6) is 0.396. The molecule has 5 nitrogen and oxygen atoms in total. The van der Waals surface area contributed by atoms with Gasteiger partial charge in [-0.15, -0.1) is 0 Å². The van der Waals surface area contributed by atoms with Crippen LogP contribution in [0.4, 0.5) is 0 Å². The summed E-state index contributed by atoms with van der Waals surface area (Å²) in [5.41, 5.74) is 5.87. The van der Waals surface area contributed by atoms with Gasteiger partial charge in [-0.05, 0) is 30.9 Å². The van der Waals surface area contributed by atoms with Gasteiger partial charge in [0.1, 0.15) is 9.88 Å². The number of pyridine rings is 1. The van der Waals surface area contributed by atoms with Gasteiger partial charge in [0.15, 0.2) is 0 Å². The van der Waals surface area contributed by atoms with E-state index >= 15 is 0 Å². The van der Waals surface area contributed by atoms with Crippen LogP contribution in [0.1, 0.15) is 25.5 Å². The van der Waals surface area contributed by atoms with Crippen LogP contribution in [-0.4, -0.2) is 35.8 Å². The predicted molar refractivity (Wildman–Crippen MR) is 77.3 cm³/mol. The molecule has 2 heterocycles. The lowest BCUT2D eigenvalue weighted by Crippen LogP contribution is -2.39. The fourth-order valence-electron chi connectivity index (χ4n) is 2.19. The lowest BCUT2D eigenvalue weighted by atomic mass is 10.0. The van der Waals surface area contributed by atoms with Gasteiger partial charge in [-0.25, -0.2) is 8.42 Å². The molecule has 0 aromatic carbocycles. The third-order valence-corrected chi connectivity index (χ3v) is 5.30. The van der Waals surface area contributed by atoms with Gasteiger partial charge in [0.05, 0.1) is 5.69 Å². The van der Waals surface area contributed by atoms with Crippen molar-refractivity contribution in [1.82, 2.24) is 9.29 Å². The van der Waals surface area contributed by atoms with Crippen molar-refractivity contribution in [3.8, 4) is 0 Å². The molecule has 0 spiro atoms. The third kappa shape index (κ3) is 3.10. The van der Waals surface area contributed by atoms with E-state index in [2.05, 4.69) is 11.9 Å². The SMILES string of the molecule is CC1CCCN(S(=O)(=O)c2ccc(C(N)=S)nc2)C1. The summed E-state index contributed by atoms with van der Waals surface area (Å²) in [6.45, 7) is 3.21. The fraction of sp³-hybridized carbons (Fsp3) is 0.500. The Hall–Kier alpha value is -1.05. The lowest BCUT2D eigenvalue weighted by molar-refractivity contribution is 0.281. The van der Waals surface area contributed by atoms with Crippen molar-refractivity contribution in [1.29, 1.82) is 0 Å². The van der Waals surface area contributed by atoms with Gasteiger partial charge in [-0.1, -0.05) is 19.1 Å². The standard InChI is InChI=1S/C12H17N3O2S2/c1-9-3-2-6-15(8-9)19(16,17)10-4-5-11(12(13)18)14-7-10/h4-5,7,9H,2-3,6,8H2,1H3,(H2,13,18). The molecule has 1 unspecified atom stereocenters. The molecule has 0 bridgehead atoms. The maximum absolute atomic E-state index is 12.4. The highest BCUT2D eigenvalue weighted by Gasteiger charge is 2.28. The molecule has 1 saturated heterocycles. The normalized spacial score (nSPS) is 21.2. The first-order valence-corrected chi connectivity index (χ1v) is 8.02. The van der Waals surface area contributed by atoms with Crippen LogP contribution in [0.25, 0.3) is 0 Å². The molecule has 19 heavy (non-hydrogen) atoms. The minimum absolute atomic E-state index is 0.163. The van der Waals surface area contributed by atoms with Gasteiger partial charge >= 0.3 is 0 Å². The Morgan fingerprint density at radius 1 is 1.53 bits per heavy atom. The number of rotatable bonds is 3. The second-order valence-corrected chi connectivity index (χ2v) is 7.23. The van der Waals surface area contributed by atoms with Crippen LogP contribution in [0.2, 0.25) is 0 Å². The molecule has 1 atom stereocenters. The van der Waals surface area contributed by atoms with Crippen molar-refractivity contribution in [2.45, 2.75) is 24.7 Å². The minimum atomic E-state index is -3.45. The summed E-state index contributed by atoms with van der Waals surface area (Å²) in [6, 6.07) is 3.05. The Morgan fingerprint density at radius 3 is 2.79 bits per heavy atom. The zero-order chi connectivity index (χ0) is 14.0. The Bertz CT molecular complexity index is 569. The van der Waals surface area contributed by atoms with Crippen molar-refractivity contribution >= 4 is 27.2 Å². The van der Waals surface area contributed by atoms with Crippen LogP contribution in [0.15, 0.2) is 23.2 Å². The van der Waals surface area contributed by atoms with Crippen LogP contribution in [0.3, 0.4) is 0 Å². The van der Waals surface area contributed by atoms with E-state index in [1.165, 1.54) is 16.6 Å². The molecule has 0 radical (unpaired) electrons. The number of piperidine rings is 1. The third-order valence-electron chi connectivity index (χ3n) is 3.25. The summed E-state index contributed by atoms with van der Waals surface area (Å²) in [5, 5.41) is 0. The second-order valence-electron chi connectivity index (χ2n) is 4.85. The fourth-order valence-corrected chi connectivity index (χ4v) is 3.86. The number of nitrogens with two attached hydrogens (primary N) is 1. The molecule has 0 saturated carbocycles. The van der Waals surface area contributed by atoms with E-state index < -0.39 is 10.0 Å². The average molecular weight is 299 g/mol. The van der Waals surface area contributed by atoms with Crippen molar-refractivity contribution in [3.05, 3.63) is 24.0 Å². The van der Waals surface area contributed by atoms with E-state index in [4.69, 9.17) is 18.0 Å². The van der Waals surface area contributed by atoms with E-state index in [9.17, 15) is 8.42 Å². The molecule has 1 fully saturated rings. The van der Waals surface area contributed by atoms with E-state index in [1.807, 2.05) is 0 Å². The first-order chi connectivity index (χ1) is 8.91. The molecule has 1 aromatic heterocycles. The highest BCUT2D eigenvalue weighted by atomic mass is 32.2. The summed E-state index contributed by atoms with van der Waals surface area (Å²) in [6.07, 6.45) is 3.30. The molecule has 7 heteroatoms. The maximum atomic E-state index is 12.4. The first-order valence-electron chi connectivity index (χ1n) is 6.17. The van der Waals surface area contributed by atoms with Crippen LogP contribution in [0.5, 0.6) is 0 Å². The van der Waals surface area contributed by atoms with Crippen molar-refractivity contribution in [2.24, 2.45) is 11.7 Å². The van der Waals surface area contributed by atoms with E-state index in [0.717, 1.165) is 12.8 Å². The van der Waals surface area contributed by atoms with Gasteiger partial charge in [-0.3, -0.25) is 4.98 Å². The zero-order valence-electron chi connectivity index (χ0n) is 10.7. The summed E-state index contributed by atoms with van der Waals surface area (Å²) < 4.78 is 26.4. The molecule has 0 amide bonds. The minimum Gasteiger partial charge on any atom is -0.388 e. The monoisotopic (exact) mass is 299 g/mol. The van der Waals surface area contributed by atoms with Gasteiger partial charge in [-0.2, -0.15) is 4.31 Å². The molecule has 1 aromatic rings. The van der Waals surface area contributed by atoms with Crippen molar-refractivity contribution in [2.75, 3.05) is 13.1 Å². The summed E-state index contributed by atoms with van der Waals surface area (Å²) in [7, 11) is -3.45. The number of thiocarbonyl (C=S) groups is 1. The number of sulfonamides is 1. The van der Waals surface area contributed by atoms with Crippen molar-refractivity contribution in [3.63, 3.8) is 0 Å². The Morgan fingerprint density at radius 2 is 2.26 bits per heavy atom. The number of nitrogens with zero attached hydrogens (tertiary/aromatic N) is 2. The van der Waals surface area contributed by atoms with Gasteiger partial charge in [0.2, 0.25) is 10.0 Å². The van der Waals surface area contributed by atoms with Crippen LogP contribution >= 0.6 is 12.2 Å². The quantitative estimate of drug-likeness (QED) is 0.847. The molecular formula is C12H17N3O2S2. The maximum Gasteiger partial charge on any atom is 0.244 e. The van der Waals surface area contributed by atoms with Crippen LogP contribution in [0, 0.1) is 5.92 Å². The van der Waals surface area contributed by atoms with E-state index in [-0.39, 0.29) is 9.88 Å². The molecule has 1 aliphatic heterocycles. The Balaban J connectivity index is 2.26. The highest BCUT2D eigenvalue weighted by Crippen LogP contribution is 2.22.